The fraction of sp³-hybridized carbons (Fsp3) is 0.538. The van der Waals surface area contributed by atoms with Crippen LogP contribution in [0.1, 0.15) is 31.1 Å². The number of rotatable bonds is 6. The van der Waals surface area contributed by atoms with Gasteiger partial charge in [-0.15, -0.1) is 0 Å². The Kier molecular flexibility index (Phi) is 4.76. The van der Waals surface area contributed by atoms with E-state index in [0.29, 0.717) is 0 Å². The third kappa shape index (κ3) is 3.06. The van der Waals surface area contributed by atoms with E-state index in [1.807, 2.05) is 24.0 Å². The van der Waals surface area contributed by atoms with E-state index in [1.165, 1.54) is 5.69 Å². The summed E-state index contributed by atoms with van der Waals surface area (Å²) >= 11 is 3.63. The van der Waals surface area contributed by atoms with E-state index in [0.717, 1.165) is 42.2 Å². The quantitative estimate of drug-likeness (QED) is 0.886. The van der Waals surface area contributed by atoms with E-state index in [9.17, 15) is 0 Å². The van der Waals surface area contributed by atoms with Crippen molar-refractivity contribution in [3.8, 4) is 0 Å². The Bertz CT molecular complexity index is 543. The van der Waals surface area contributed by atoms with Gasteiger partial charge in [-0.25, -0.2) is 4.98 Å². The van der Waals surface area contributed by atoms with Crippen LogP contribution in [0.2, 0.25) is 0 Å². The topological polar surface area (TPSA) is 47.7 Å². The van der Waals surface area contributed by atoms with E-state index in [1.54, 1.807) is 0 Å². The molecule has 0 aromatic carbocycles. The lowest BCUT2D eigenvalue weighted by molar-refractivity contribution is 0.576. The molecule has 0 fully saturated rings. The molecule has 19 heavy (non-hydrogen) atoms. The summed E-state index contributed by atoms with van der Waals surface area (Å²) in [6, 6.07) is 0. The van der Waals surface area contributed by atoms with Gasteiger partial charge in [0.2, 0.25) is 0 Å². The summed E-state index contributed by atoms with van der Waals surface area (Å²) < 4.78 is 5.30. The first-order valence-electron chi connectivity index (χ1n) is 6.59. The molecule has 0 saturated carbocycles. The number of nitrogens with zero attached hydrogens (tertiary/aromatic N) is 4. The maximum atomic E-state index is 4.52. The third-order valence-corrected chi connectivity index (χ3v) is 4.14. The van der Waals surface area contributed by atoms with Gasteiger partial charge in [0.1, 0.15) is 5.82 Å². The molecule has 0 bridgehead atoms. The van der Waals surface area contributed by atoms with Gasteiger partial charge < -0.3 is 9.88 Å². The smallest absolute Gasteiger partial charge is 0.123 e. The van der Waals surface area contributed by atoms with Crippen LogP contribution in [-0.4, -0.2) is 25.9 Å². The molecule has 6 heteroatoms. The molecule has 2 rings (SSSR count). The van der Waals surface area contributed by atoms with Crippen LogP contribution in [0.15, 0.2) is 16.9 Å². The van der Waals surface area contributed by atoms with Crippen molar-refractivity contribution in [3.63, 3.8) is 0 Å². The van der Waals surface area contributed by atoms with Crippen molar-refractivity contribution < 1.29 is 0 Å². The summed E-state index contributed by atoms with van der Waals surface area (Å²) in [4.78, 5) is 4.40. The van der Waals surface area contributed by atoms with Crippen molar-refractivity contribution in [3.05, 3.63) is 34.1 Å². The SMILES string of the molecule is CCNCc1nccn1Cc1c(Br)c(C)nn1CC. The number of aryl methyl sites for hydroxylation is 2. The van der Waals surface area contributed by atoms with E-state index in [2.05, 4.69) is 49.7 Å². The molecule has 0 unspecified atom stereocenters. The van der Waals surface area contributed by atoms with Crippen LogP contribution >= 0.6 is 15.9 Å². The Labute approximate surface area is 122 Å². The van der Waals surface area contributed by atoms with Crippen LogP contribution in [0.5, 0.6) is 0 Å². The molecule has 0 spiro atoms. The number of halogens is 1. The largest absolute Gasteiger partial charge is 0.328 e. The molecule has 5 nitrogen and oxygen atoms in total. The first-order chi connectivity index (χ1) is 9.17. The zero-order valence-corrected chi connectivity index (χ0v) is 13.2. The fourth-order valence-corrected chi connectivity index (χ4v) is 2.48. The van der Waals surface area contributed by atoms with Gasteiger partial charge in [0.25, 0.3) is 0 Å². The van der Waals surface area contributed by atoms with Crippen LogP contribution in [0.3, 0.4) is 0 Å². The zero-order chi connectivity index (χ0) is 13.8. The Balaban J connectivity index is 2.24. The Morgan fingerprint density at radius 1 is 1.37 bits per heavy atom. The zero-order valence-electron chi connectivity index (χ0n) is 11.6. The maximum absolute atomic E-state index is 4.52. The molecule has 2 aromatic rings. The van der Waals surface area contributed by atoms with Gasteiger partial charge in [0.15, 0.2) is 0 Å². The summed E-state index contributed by atoms with van der Waals surface area (Å²) in [7, 11) is 0. The first kappa shape index (κ1) is 14.3. The minimum atomic E-state index is 0.788. The number of imidazole rings is 1. The highest BCUT2D eigenvalue weighted by atomic mass is 79.9. The molecule has 1 N–H and O–H groups in total. The van der Waals surface area contributed by atoms with Crippen molar-refractivity contribution in [2.75, 3.05) is 6.54 Å². The average Bonchev–Trinajstić information content (AvgIpc) is 2.96. The monoisotopic (exact) mass is 325 g/mol. The summed E-state index contributed by atoms with van der Waals surface area (Å²) in [5.74, 6) is 1.05. The highest BCUT2D eigenvalue weighted by Crippen LogP contribution is 2.22. The summed E-state index contributed by atoms with van der Waals surface area (Å²) in [5.41, 5.74) is 2.22. The van der Waals surface area contributed by atoms with Crippen LogP contribution in [0, 0.1) is 6.92 Å². The van der Waals surface area contributed by atoms with E-state index < -0.39 is 0 Å². The first-order valence-corrected chi connectivity index (χ1v) is 7.39. The normalized spacial score (nSPS) is 11.2. The third-order valence-electron chi connectivity index (χ3n) is 3.11. The molecule has 0 atom stereocenters. The summed E-state index contributed by atoms with van der Waals surface area (Å²) in [6.07, 6.45) is 3.86. The summed E-state index contributed by atoms with van der Waals surface area (Å²) in [5, 5.41) is 7.83. The molecule has 0 radical (unpaired) electrons. The van der Waals surface area contributed by atoms with E-state index in [-0.39, 0.29) is 0 Å². The number of aromatic nitrogens is 4. The van der Waals surface area contributed by atoms with Gasteiger partial charge >= 0.3 is 0 Å². The predicted octanol–water partition coefficient (Wildman–Crippen LogP) is 2.33. The second kappa shape index (κ2) is 6.34. The standard InChI is InChI=1S/C13H20BrN5/c1-4-15-8-12-16-6-7-18(12)9-11-13(14)10(3)17-19(11)5-2/h6-7,15H,4-5,8-9H2,1-3H3. The summed E-state index contributed by atoms with van der Waals surface area (Å²) in [6.45, 7) is 9.63. The van der Waals surface area contributed by atoms with Crippen LogP contribution in [0.4, 0.5) is 0 Å². The Morgan fingerprint density at radius 2 is 2.16 bits per heavy atom. The molecular weight excluding hydrogens is 306 g/mol. The van der Waals surface area contributed by atoms with Crippen LogP contribution in [0.25, 0.3) is 0 Å². The second-order valence-corrected chi connectivity index (χ2v) is 5.21. The van der Waals surface area contributed by atoms with Gasteiger partial charge in [-0.1, -0.05) is 6.92 Å². The minimum absolute atomic E-state index is 0.788. The van der Waals surface area contributed by atoms with Gasteiger partial charge in [-0.3, -0.25) is 4.68 Å². The van der Waals surface area contributed by atoms with Gasteiger partial charge in [0, 0.05) is 18.9 Å². The maximum Gasteiger partial charge on any atom is 0.123 e. The highest BCUT2D eigenvalue weighted by Gasteiger charge is 2.13. The second-order valence-electron chi connectivity index (χ2n) is 4.41. The van der Waals surface area contributed by atoms with Gasteiger partial charge in [0.05, 0.1) is 29.0 Å². The molecule has 104 valence electrons. The number of hydrogen-bond donors (Lipinski definition) is 1. The van der Waals surface area contributed by atoms with Crippen molar-refractivity contribution in [1.29, 1.82) is 0 Å². The van der Waals surface area contributed by atoms with E-state index in [4.69, 9.17) is 0 Å². The van der Waals surface area contributed by atoms with Gasteiger partial charge in [-0.2, -0.15) is 5.10 Å². The average molecular weight is 326 g/mol. The Morgan fingerprint density at radius 3 is 2.84 bits per heavy atom. The lowest BCUT2D eigenvalue weighted by Crippen LogP contribution is -2.17. The molecular formula is C13H20BrN5. The number of nitrogens with one attached hydrogen (secondary N) is 1. The number of hydrogen-bond acceptors (Lipinski definition) is 3. The predicted molar refractivity (Wildman–Crippen MR) is 79.0 cm³/mol. The van der Waals surface area contributed by atoms with Crippen molar-refractivity contribution in [2.45, 2.75) is 40.4 Å². The Hall–Kier alpha value is -1.14. The lowest BCUT2D eigenvalue weighted by Gasteiger charge is -2.10. The van der Waals surface area contributed by atoms with Crippen molar-refractivity contribution in [1.82, 2.24) is 24.6 Å². The lowest BCUT2D eigenvalue weighted by atomic mass is 10.3. The molecule has 0 amide bonds. The molecule has 0 aliphatic rings. The van der Waals surface area contributed by atoms with Gasteiger partial charge in [-0.05, 0) is 36.3 Å². The van der Waals surface area contributed by atoms with Crippen molar-refractivity contribution >= 4 is 15.9 Å². The molecule has 0 aliphatic carbocycles. The molecule has 2 heterocycles. The van der Waals surface area contributed by atoms with Crippen molar-refractivity contribution in [2.24, 2.45) is 0 Å². The van der Waals surface area contributed by atoms with E-state index >= 15 is 0 Å². The van der Waals surface area contributed by atoms with Crippen LogP contribution < -0.4 is 5.32 Å². The molecule has 2 aromatic heterocycles. The molecule has 0 aliphatic heterocycles. The highest BCUT2D eigenvalue weighted by molar-refractivity contribution is 9.10. The van der Waals surface area contributed by atoms with Crippen LogP contribution in [-0.2, 0) is 19.6 Å². The minimum Gasteiger partial charge on any atom is -0.328 e. The fourth-order valence-electron chi connectivity index (χ4n) is 2.07. The molecule has 0 saturated heterocycles.